The molecule has 2 atom stereocenters. The Morgan fingerprint density at radius 1 is 1.26 bits per heavy atom. The van der Waals surface area contributed by atoms with Gasteiger partial charge in [0.2, 0.25) is 5.91 Å². The largest absolute Gasteiger partial charge is 0.306 e. The molecule has 0 N–H and O–H groups in total. The molecular formula is C16H21ClN2O3S. The maximum absolute atomic E-state index is 12.7. The van der Waals surface area contributed by atoms with E-state index in [0.717, 1.165) is 6.54 Å². The van der Waals surface area contributed by atoms with Gasteiger partial charge in [0.15, 0.2) is 9.84 Å². The second-order valence-corrected chi connectivity index (χ2v) is 9.37. The SMILES string of the molecule is CC(C)CN1CC(=O)N(c2cccc(Cl)c2)C2CS(=O)(=O)CC21. The van der Waals surface area contributed by atoms with Crippen LogP contribution in [0.5, 0.6) is 0 Å². The molecule has 0 aromatic heterocycles. The first kappa shape index (κ1) is 16.7. The number of rotatable bonds is 3. The molecule has 7 heteroatoms. The summed E-state index contributed by atoms with van der Waals surface area (Å²) in [5.74, 6) is 0.454. The maximum atomic E-state index is 12.7. The highest BCUT2D eigenvalue weighted by Gasteiger charge is 2.49. The van der Waals surface area contributed by atoms with E-state index in [1.165, 1.54) is 0 Å². The van der Waals surface area contributed by atoms with Crippen molar-refractivity contribution in [2.45, 2.75) is 25.9 Å². The fraction of sp³-hybridized carbons (Fsp3) is 0.562. The molecule has 1 aromatic rings. The molecule has 2 aliphatic rings. The lowest BCUT2D eigenvalue weighted by atomic mass is 10.0. The Labute approximate surface area is 142 Å². The van der Waals surface area contributed by atoms with Gasteiger partial charge < -0.3 is 4.90 Å². The zero-order chi connectivity index (χ0) is 16.8. The van der Waals surface area contributed by atoms with Gasteiger partial charge in [0, 0.05) is 23.3 Å². The van der Waals surface area contributed by atoms with E-state index in [1.807, 2.05) is 11.0 Å². The summed E-state index contributed by atoms with van der Waals surface area (Å²) in [6.45, 7) is 5.13. The highest BCUT2D eigenvalue weighted by molar-refractivity contribution is 7.91. The summed E-state index contributed by atoms with van der Waals surface area (Å²) >= 11 is 6.04. The van der Waals surface area contributed by atoms with Gasteiger partial charge in [-0.1, -0.05) is 31.5 Å². The Hall–Kier alpha value is -1.11. The molecule has 0 aliphatic carbocycles. The normalized spacial score (nSPS) is 27.5. The first-order chi connectivity index (χ1) is 10.8. The number of hydrogen-bond acceptors (Lipinski definition) is 4. The summed E-state index contributed by atoms with van der Waals surface area (Å²) in [5, 5.41) is 0.539. The molecule has 3 rings (SSSR count). The molecule has 1 aromatic carbocycles. The number of carbonyl (C=O) groups excluding carboxylic acids is 1. The molecule has 2 unspecified atom stereocenters. The molecule has 0 spiro atoms. The van der Waals surface area contributed by atoms with Crippen molar-refractivity contribution >= 4 is 33.0 Å². The van der Waals surface area contributed by atoms with Crippen molar-refractivity contribution in [1.82, 2.24) is 4.90 Å². The van der Waals surface area contributed by atoms with Gasteiger partial charge in [0.1, 0.15) is 0 Å². The van der Waals surface area contributed by atoms with E-state index in [0.29, 0.717) is 16.6 Å². The van der Waals surface area contributed by atoms with Crippen molar-refractivity contribution in [3.63, 3.8) is 0 Å². The number of nitrogens with zero attached hydrogens (tertiary/aromatic N) is 2. The Kier molecular flexibility index (Phi) is 4.42. The average Bonchev–Trinajstić information content (AvgIpc) is 2.73. The van der Waals surface area contributed by atoms with Crippen LogP contribution in [0.25, 0.3) is 0 Å². The van der Waals surface area contributed by atoms with Gasteiger partial charge in [-0.15, -0.1) is 0 Å². The molecule has 5 nitrogen and oxygen atoms in total. The van der Waals surface area contributed by atoms with E-state index < -0.39 is 9.84 Å². The van der Waals surface area contributed by atoms with Gasteiger partial charge in [-0.05, 0) is 24.1 Å². The van der Waals surface area contributed by atoms with E-state index in [-0.39, 0.29) is 36.0 Å². The Bertz CT molecular complexity index is 720. The van der Waals surface area contributed by atoms with Crippen molar-refractivity contribution < 1.29 is 13.2 Å². The van der Waals surface area contributed by atoms with Crippen molar-refractivity contribution in [2.24, 2.45) is 5.92 Å². The minimum absolute atomic E-state index is 0.0184. The van der Waals surface area contributed by atoms with Crippen LogP contribution in [-0.2, 0) is 14.6 Å². The lowest BCUT2D eigenvalue weighted by molar-refractivity contribution is -0.123. The van der Waals surface area contributed by atoms with Crippen LogP contribution in [0.15, 0.2) is 24.3 Å². The van der Waals surface area contributed by atoms with Crippen molar-refractivity contribution in [1.29, 1.82) is 0 Å². The Morgan fingerprint density at radius 2 is 1.96 bits per heavy atom. The van der Waals surface area contributed by atoms with E-state index in [1.54, 1.807) is 23.1 Å². The molecule has 1 amide bonds. The third-order valence-corrected chi connectivity index (χ3v) is 6.32. The number of halogens is 1. The topological polar surface area (TPSA) is 57.7 Å². The number of hydrogen-bond donors (Lipinski definition) is 0. The fourth-order valence-corrected chi connectivity index (χ4v) is 5.75. The number of carbonyl (C=O) groups is 1. The van der Waals surface area contributed by atoms with Crippen LogP contribution >= 0.6 is 11.6 Å². The predicted octanol–water partition coefficient (Wildman–Crippen LogP) is 1.81. The average molecular weight is 357 g/mol. The summed E-state index contributed by atoms with van der Waals surface area (Å²) in [7, 11) is -3.14. The molecule has 2 aliphatic heterocycles. The zero-order valence-electron chi connectivity index (χ0n) is 13.3. The van der Waals surface area contributed by atoms with Crippen LogP contribution < -0.4 is 4.90 Å². The van der Waals surface area contributed by atoms with Crippen LogP contribution in [0.1, 0.15) is 13.8 Å². The standard InChI is InChI=1S/C16H21ClN2O3S/c1-11(2)7-18-8-16(20)19(13-5-3-4-12(17)6-13)15-10-23(21,22)9-14(15)18/h3-6,11,14-15H,7-10H2,1-2H3. The van der Waals surface area contributed by atoms with Gasteiger partial charge in [-0.2, -0.15) is 0 Å². The van der Waals surface area contributed by atoms with Crippen LogP contribution in [0.3, 0.4) is 0 Å². The summed E-state index contributed by atoms with van der Waals surface area (Å²) < 4.78 is 24.4. The smallest absolute Gasteiger partial charge is 0.241 e. The van der Waals surface area contributed by atoms with E-state index >= 15 is 0 Å². The van der Waals surface area contributed by atoms with E-state index in [4.69, 9.17) is 11.6 Å². The number of amides is 1. The molecular weight excluding hydrogens is 336 g/mol. The maximum Gasteiger partial charge on any atom is 0.241 e. The predicted molar refractivity (Wildman–Crippen MR) is 91.6 cm³/mol. The minimum atomic E-state index is -3.14. The van der Waals surface area contributed by atoms with Gasteiger partial charge >= 0.3 is 0 Å². The number of fused-ring (bicyclic) bond motifs is 1. The third kappa shape index (κ3) is 3.39. The molecule has 0 bridgehead atoms. The lowest BCUT2D eigenvalue weighted by Crippen LogP contribution is -2.62. The highest BCUT2D eigenvalue weighted by Crippen LogP contribution is 2.32. The number of sulfone groups is 1. The Morgan fingerprint density at radius 3 is 2.61 bits per heavy atom. The molecule has 0 saturated carbocycles. The van der Waals surface area contributed by atoms with Crippen molar-refractivity contribution in [2.75, 3.05) is 29.5 Å². The van der Waals surface area contributed by atoms with Crippen LogP contribution in [0.4, 0.5) is 5.69 Å². The van der Waals surface area contributed by atoms with Crippen LogP contribution in [0, 0.1) is 5.92 Å². The van der Waals surface area contributed by atoms with Crippen molar-refractivity contribution in [3.05, 3.63) is 29.3 Å². The number of benzene rings is 1. The van der Waals surface area contributed by atoms with E-state index in [2.05, 4.69) is 13.8 Å². The molecule has 2 saturated heterocycles. The second kappa shape index (κ2) is 6.07. The summed E-state index contributed by atoms with van der Waals surface area (Å²) in [5.41, 5.74) is 0.679. The summed E-state index contributed by atoms with van der Waals surface area (Å²) in [6.07, 6.45) is 0. The summed E-state index contributed by atoms with van der Waals surface area (Å²) in [4.78, 5) is 16.4. The molecule has 23 heavy (non-hydrogen) atoms. The van der Waals surface area contributed by atoms with E-state index in [9.17, 15) is 13.2 Å². The van der Waals surface area contributed by atoms with Crippen molar-refractivity contribution in [3.8, 4) is 0 Å². The minimum Gasteiger partial charge on any atom is -0.306 e. The summed E-state index contributed by atoms with van der Waals surface area (Å²) in [6, 6.07) is 6.58. The molecule has 2 fully saturated rings. The zero-order valence-corrected chi connectivity index (χ0v) is 14.8. The van der Waals surface area contributed by atoms with Gasteiger partial charge in [0.25, 0.3) is 0 Å². The number of piperazine rings is 1. The number of anilines is 1. The Balaban J connectivity index is 1.98. The fourth-order valence-electron chi connectivity index (χ4n) is 3.59. The van der Waals surface area contributed by atoms with Gasteiger partial charge in [0.05, 0.1) is 24.1 Å². The second-order valence-electron chi connectivity index (χ2n) is 6.78. The van der Waals surface area contributed by atoms with Gasteiger partial charge in [-0.3, -0.25) is 9.69 Å². The van der Waals surface area contributed by atoms with Gasteiger partial charge in [-0.25, -0.2) is 8.42 Å². The highest BCUT2D eigenvalue weighted by atomic mass is 35.5. The molecule has 0 radical (unpaired) electrons. The monoisotopic (exact) mass is 356 g/mol. The lowest BCUT2D eigenvalue weighted by Gasteiger charge is -2.44. The van der Waals surface area contributed by atoms with Crippen LogP contribution in [0.2, 0.25) is 5.02 Å². The first-order valence-corrected chi connectivity index (χ1v) is 9.99. The third-order valence-electron chi connectivity index (χ3n) is 4.39. The van der Waals surface area contributed by atoms with Crippen LogP contribution in [-0.4, -0.2) is 55.9 Å². The molecule has 2 heterocycles. The molecule has 126 valence electrons. The quantitative estimate of drug-likeness (QED) is 0.828. The first-order valence-electron chi connectivity index (χ1n) is 7.79.